The molecule has 2 aliphatic rings. The van der Waals surface area contributed by atoms with Crippen LogP contribution in [-0.2, 0) is 0 Å². The average Bonchev–Trinajstić information content (AvgIpc) is 2.82. The van der Waals surface area contributed by atoms with Crippen LogP contribution in [-0.4, -0.2) is 44.2 Å². The summed E-state index contributed by atoms with van der Waals surface area (Å²) in [7, 11) is 0. The maximum Gasteiger partial charge on any atom is 0.0567 e. The van der Waals surface area contributed by atoms with Crippen molar-refractivity contribution in [2.75, 3.05) is 49.1 Å². The Morgan fingerprint density at radius 3 is 2.19 bits per heavy atom. The summed E-state index contributed by atoms with van der Waals surface area (Å²) in [6.45, 7) is 6.54. The molecule has 1 fully saturated rings. The summed E-state index contributed by atoms with van der Waals surface area (Å²) in [5.41, 5.74) is 3.80. The highest BCUT2D eigenvalue weighted by atomic mass is 35.5. The van der Waals surface area contributed by atoms with E-state index < -0.39 is 0 Å². The SMILES string of the molecule is Clc1ccc(N2CCN(CCCCN3c4ccccc4Sc4ccc(Cl)cc43)CC2)cc1. The van der Waals surface area contributed by atoms with Crippen molar-refractivity contribution in [2.24, 2.45) is 0 Å². The first-order valence-electron chi connectivity index (χ1n) is 11.2. The lowest BCUT2D eigenvalue weighted by molar-refractivity contribution is 0.253. The van der Waals surface area contributed by atoms with Gasteiger partial charge in [-0.1, -0.05) is 47.1 Å². The topological polar surface area (TPSA) is 9.72 Å². The van der Waals surface area contributed by atoms with E-state index in [1.807, 2.05) is 30.0 Å². The first-order valence-corrected chi connectivity index (χ1v) is 12.8. The van der Waals surface area contributed by atoms with Gasteiger partial charge in [0.15, 0.2) is 0 Å². The van der Waals surface area contributed by atoms with Gasteiger partial charge in [-0.2, -0.15) is 0 Å². The summed E-state index contributed by atoms with van der Waals surface area (Å²) in [5, 5.41) is 1.60. The zero-order valence-electron chi connectivity index (χ0n) is 18.0. The van der Waals surface area contributed by atoms with Gasteiger partial charge in [0, 0.05) is 58.2 Å². The van der Waals surface area contributed by atoms with Gasteiger partial charge in [-0.3, -0.25) is 4.90 Å². The lowest BCUT2D eigenvalue weighted by Gasteiger charge is -2.36. The molecule has 32 heavy (non-hydrogen) atoms. The molecule has 3 nitrogen and oxygen atoms in total. The van der Waals surface area contributed by atoms with E-state index in [1.54, 1.807) is 0 Å². The number of nitrogens with zero attached hydrogens (tertiary/aromatic N) is 3. The van der Waals surface area contributed by atoms with Crippen LogP contribution >= 0.6 is 35.0 Å². The number of benzene rings is 3. The van der Waals surface area contributed by atoms with Gasteiger partial charge in [0.1, 0.15) is 0 Å². The van der Waals surface area contributed by atoms with Crippen molar-refractivity contribution in [3.63, 3.8) is 0 Å². The molecule has 0 spiro atoms. The Kier molecular flexibility index (Phi) is 6.84. The fourth-order valence-corrected chi connectivity index (χ4v) is 5.90. The highest BCUT2D eigenvalue weighted by Crippen LogP contribution is 2.48. The van der Waals surface area contributed by atoms with Crippen LogP contribution in [0.2, 0.25) is 10.0 Å². The van der Waals surface area contributed by atoms with Gasteiger partial charge in [0.05, 0.1) is 11.4 Å². The minimum absolute atomic E-state index is 0.798. The highest BCUT2D eigenvalue weighted by Gasteiger charge is 2.23. The van der Waals surface area contributed by atoms with Crippen molar-refractivity contribution in [3.05, 3.63) is 76.8 Å². The minimum Gasteiger partial charge on any atom is -0.369 e. The number of para-hydroxylation sites is 1. The molecule has 166 valence electrons. The van der Waals surface area contributed by atoms with Crippen LogP contribution in [0.3, 0.4) is 0 Å². The van der Waals surface area contributed by atoms with Gasteiger partial charge < -0.3 is 9.80 Å². The van der Waals surface area contributed by atoms with E-state index in [4.69, 9.17) is 23.2 Å². The summed E-state index contributed by atoms with van der Waals surface area (Å²) in [5.74, 6) is 0. The van der Waals surface area contributed by atoms with Crippen LogP contribution in [0.5, 0.6) is 0 Å². The van der Waals surface area contributed by atoms with Crippen molar-refractivity contribution in [2.45, 2.75) is 22.6 Å². The number of anilines is 3. The lowest BCUT2D eigenvalue weighted by Crippen LogP contribution is -2.46. The van der Waals surface area contributed by atoms with E-state index in [2.05, 4.69) is 63.2 Å². The molecular weight excluding hydrogens is 457 g/mol. The van der Waals surface area contributed by atoms with Gasteiger partial charge in [0.2, 0.25) is 0 Å². The van der Waals surface area contributed by atoms with Gasteiger partial charge >= 0.3 is 0 Å². The molecule has 3 aromatic carbocycles. The molecule has 0 amide bonds. The Morgan fingerprint density at radius 1 is 0.688 bits per heavy atom. The maximum absolute atomic E-state index is 6.34. The number of hydrogen-bond donors (Lipinski definition) is 0. The molecule has 2 aliphatic heterocycles. The van der Waals surface area contributed by atoms with E-state index in [0.717, 1.165) is 55.7 Å². The number of unbranched alkanes of at least 4 members (excludes halogenated alkanes) is 1. The summed E-state index contributed by atoms with van der Waals surface area (Å²) in [6.07, 6.45) is 2.35. The second kappa shape index (κ2) is 9.96. The Morgan fingerprint density at radius 2 is 1.38 bits per heavy atom. The molecule has 0 bridgehead atoms. The molecule has 0 atom stereocenters. The van der Waals surface area contributed by atoms with Crippen molar-refractivity contribution in [1.82, 2.24) is 4.90 Å². The molecule has 1 saturated heterocycles. The molecule has 0 radical (unpaired) electrons. The summed E-state index contributed by atoms with van der Waals surface area (Å²) >= 11 is 14.2. The average molecular weight is 484 g/mol. The smallest absolute Gasteiger partial charge is 0.0567 e. The maximum atomic E-state index is 6.34. The predicted molar refractivity (Wildman–Crippen MR) is 138 cm³/mol. The summed E-state index contributed by atoms with van der Waals surface area (Å²) in [4.78, 5) is 10.1. The Bertz CT molecular complexity index is 1060. The number of rotatable bonds is 6. The molecule has 0 unspecified atom stereocenters. The standard InChI is InChI=1S/C26H27Cl2N3S/c27-20-7-10-22(11-8-20)30-17-15-29(16-18-30)13-3-4-14-31-23-5-1-2-6-25(23)32-26-12-9-21(28)19-24(26)31/h1-2,5-12,19H,3-4,13-18H2. The summed E-state index contributed by atoms with van der Waals surface area (Å²) in [6, 6.07) is 23.1. The molecule has 0 aromatic heterocycles. The largest absolute Gasteiger partial charge is 0.369 e. The van der Waals surface area contributed by atoms with Crippen molar-refractivity contribution < 1.29 is 0 Å². The van der Waals surface area contributed by atoms with E-state index in [-0.39, 0.29) is 0 Å². The van der Waals surface area contributed by atoms with E-state index in [0.29, 0.717) is 0 Å². The van der Waals surface area contributed by atoms with Crippen molar-refractivity contribution in [1.29, 1.82) is 0 Å². The van der Waals surface area contributed by atoms with Crippen molar-refractivity contribution in [3.8, 4) is 0 Å². The first-order chi connectivity index (χ1) is 15.7. The fraction of sp³-hybridized carbons (Fsp3) is 0.308. The first kappa shape index (κ1) is 22.0. The number of fused-ring (bicyclic) bond motifs is 2. The molecule has 0 N–H and O–H groups in total. The summed E-state index contributed by atoms with van der Waals surface area (Å²) < 4.78 is 0. The number of halogens is 2. The van der Waals surface area contributed by atoms with E-state index in [1.165, 1.54) is 33.3 Å². The third kappa shape index (κ3) is 4.89. The quantitative estimate of drug-likeness (QED) is 0.342. The molecule has 5 rings (SSSR count). The number of piperazine rings is 1. The van der Waals surface area contributed by atoms with Crippen molar-refractivity contribution >= 4 is 52.0 Å². The zero-order chi connectivity index (χ0) is 21.9. The molecule has 3 aromatic rings. The third-order valence-corrected chi connectivity index (χ3v) is 7.88. The van der Waals surface area contributed by atoms with Crippen LogP contribution in [0.4, 0.5) is 17.1 Å². The Balaban J connectivity index is 1.15. The monoisotopic (exact) mass is 483 g/mol. The lowest BCUT2D eigenvalue weighted by atomic mass is 10.2. The van der Waals surface area contributed by atoms with Gasteiger partial charge in [-0.25, -0.2) is 0 Å². The molecule has 0 saturated carbocycles. The van der Waals surface area contributed by atoms with Crippen LogP contribution in [0, 0.1) is 0 Å². The van der Waals surface area contributed by atoms with Gasteiger partial charge in [0.25, 0.3) is 0 Å². The van der Waals surface area contributed by atoms with E-state index >= 15 is 0 Å². The third-order valence-electron chi connectivity index (χ3n) is 6.26. The minimum atomic E-state index is 0.798. The Hall–Kier alpha value is -1.85. The van der Waals surface area contributed by atoms with Crippen LogP contribution in [0.1, 0.15) is 12.8 Å². The van der Waals surface area contributed by atoms with E-state index in [9.17, 15) is 0 Å². The second-order valence-electron chi connectivity index (χ2n) is 8.35. The predicted octanol–water partition coefficient (Wildman–Crippen LogP) is 7.20. The van der Waals surface area contributed by atoms with Crippen LogP contribution < -0.4 is 9.80 Å². The van der Waals surface area contributed by atoms with Crippen LogP contribution in [0.15, 0.2) is 76.5 Å². The van der Waals surface area contributed by atoms with Gasteiger partial charge in [-0.05, 0) is 74.0 Å². The molecular formula is C26H27Cl2N3S. The Labute approximate surface area is 204 Å². The molecule has 2 heterocycles. The highest BCUT2D eigenvalue weighted by molar-refractivity contribution is 7.99. The molecule has 6 heteroatoms. The van der Waals surface area contributed by atoms with Crippen LogP contribution in [0.25, 0.3) is 0 Å². The zero-order valence-corrected chi connectivity index (χ0v) is 20.3. The number of hydrogen-bond acceptors (Lipinski definition) is 4. The molecule has 0 aliphatic carbocycles. The van der Waals surface area contributed by atoms with Gasteiger partial charge in [-0.15, -0.1) is 0 Å². The second-order valence-corrected chi connectivity index (χ2v) is 10.3. The normalized spacial score (nSPS) is 16.1. The fourth-order valence-electron chi connectivity index (χ4n) is 4.53.